The molecule has 1 saturated carbocycles. The Kier molecular flexibility index (Phi) is 8.34. The number of carbonyl (C=O) groups excluding carboxylic acids is 2. The number of sulfone groups is 1. The Labute approximate surface area is 212 Å². The Balaban J connectivity index is 1.65. The maximum absolute atomic E-state index is 13.4. The zero-order valence-corrected chi connectivity index (χ0v) is 22.2. The molecule has 0 bridgehead atoms. The molecular weight excluding hydrogens is 488 g/mol. The van der Waals surface area contributed by atoms with Crippen LogP contribution in [-0.2, 0) is 27.7 Å². The van der Waals surface area contributed by atoms with Crippen LogP contribution in [0.5, 0.6) is 0 Å². The van der Waals surface area contributed by atoms with Crippen LogP contribution in [0.1, 0.15) is 54.9 Å². The van der Waals surface area contributed by atoms with Gasteiger partial charge in [-0.3, -0.25) is 9.59 Å². The number of nitrogens with one attached hydrogen (secondary N) is 1. The molecule has 0 aliphatic heterocycles. The van der Waals surface area contributed by atoms with E-state index < -0.39 is 19.3 Å². The largest absolute Gasteiger partial charge is 0.347 e. The summed E-state index contributed by atoms with van der Waals surface area (Å²) < 4.78 is 26.7. The van der Waals surface area contributed by atoms with Crippen LogP contribution >= 0.6 is 11.6 Å². The molecule has 3 N–H and O–H groups in total. The van der Waals surface area contributed by atoms with E-state index in [4.69, 9.17) is 17.3 Å². The van der Waals surface area contributed by atoms with E-state index >= 15 is 0 Å². The Bertz CT molecular complexity index is 1150. The maximum Gasteiger partial charge on any atom is 0.268 e. The number of nitrogens with zero attached hydrogens (tertiary/aromatic N) is 2. The number of benzene rings is 1. The number of halogens is 1. The Morgan fingerprint density at radius 1 is 1.23 bits per heavy atom. The summed E-state index contributed by atoms with van der Waals surface area (Å²) in [6.45, 7) is 6.77. The van der Waals surface area contributed by atoms with Crippen LogP contribution < -0.4 is 11.1 Å². The third-order valence-electron chi connectivity index (χ3n) is 6.90. The predicted molar refractivity (Wildman–Crippen MR) is 138 cm³/mol. The van der Waals surface area contributed by atoms with Gasteiger partial charge in [-0.2, -0.15) is 0 Å². The van der Waals surface area contributed by atoms with Crippen molar-refractivity contribution in [1.82, 2.24) is 14.8 Å². The molecule has 3 rings (SSSR count). The average molecular weight is 523 g/mol. The zero-order chi connectivity index (χ0) is 25.9. The van der Waals surface area contributed by atoms with Crippen molar-refractivity contribution in [2.75, 3.05) is 19.6 Å². The van der Waals surface area contributed by atoms with Gasteiger partial charge in [0.15, 0.2) is 9.84 Å². The van der Waals surface area contributed by atoms with E-state index in [9.17, 15) is 18.0 Å². The molecule has 192 valence electrons. The van der Waals surface area contributed by atoms with Gasteiger partial charge in [0.1, 0.15) is 5.69 Å². The van der Waals surface area contributed by atoms with Crippen molar-refractivity contribution >= 4 is 33.8 Å². The number of hydrogen-bond donors (Lipinski definition) is 2. The lowest BCUT2D eigenvalue weighted by molar-refractivity contribution is -0.118. The summed E-state index contributed by atoms with van der Waals surface area (Å²) in [6.07, 6.45) is 2.14. The first-order chi connectivity index (χ1) is 16.5. The maximum atomic E-state index is 13.4. The second kappa shape index (κ2) is 10.7. The predicted octanol–water partition coefficient (Wildman–Crippen LogP) is 2.91. The van der Waals surface area contributed by atoms with E-state index in [1.54, 1.807) is 32.0 Å². The quantitative estimate of drug-likeness (QED) is 0.392. The third kappa shape index (κ3) is 5.90. The number of hydrogen-bond acceptors (Lipinski definition) is 5. The van der Waals surface area contributed by atoms with E-state index in [1.165, 1.54) is 4.90 Å². The number of amides is 2. The summed E-state index contributed by atoms with van der Waals surface area (Å²) in [4.78, 5) is 26.2. The lowest BCUT2D eigenvalue weighted by Gasteiger charge is -2.32. The van der Waals surface area contributed by atoms with Gasteiger partial charge in [0.05, 0.1) is 9.49 Å². The molecule has 0 radical (unpaired) electrons. The average Bonchev–Trinajstić information content (AvgIpc) is 3.52. The van der Waals surface area contributed by atoms with Gasteiger partial charge in [-0.1, -0.05) is 23.7 Å². The first-order valence-corrected chi connectivity index (χ1v) is 13.6. The van der Waals surface area contributed by atoms with Crippen LogP contribution in [0.2, 0.25) is 5.02 Å². The summed E-state index contributed by atoms with van der Waals surface area (Å²) in [5, 5.41) is 3.54. The molecule has 2 aromatic rings. The summed E-state index contributed by atoms with van der Waals surface area (Å²) in [6, 6.07) is 10.9. The summed E-state index contributed by atoms with van der Waals surface area (Å²) in [5.41, 5.74) is 7.94. The molecule has 2 amide bonds. The van der Waals surface area contributed by atoms with Gasteiger partial charge in [0.2, 0.25) is 6.41 Å². The van der Waals surface area contributed by atoms with Crippen LogP contribution in [0, 0.1) is 6.92 Å². The minimum Gasteiger partial charge on any atom is -0.347 e. The van der Waals surface area contributed by atoms with Crippen molar-refractivity contribution in [2.45, 2.75) is 62.6 Å². The fraction of sp³-hybridized carbons (Fsp3) is 0.520. The highest BCUT2D eigenvalue weighted by Crippen LogP contribution is 2.49. The fourth-order valence-corrected chi connectivity index (χ4v) is 7.09. The van der Waals surface area contributed by atoms with Gasteiger partial charge >= 0.3 is 0 Å². The second-order valence-corrected chi connectivity index (χ2v) is 13.3. The first-order valence-electron chi connectivity index (χ1n) is 11.8. The lowest BCUT2D eigenvalue weighted by atomic mass is 10.1. The number of nitrogens with two attached hydrogens (primary N) is 1. The van der Waals surface area contributed by atoms with E-state index in [1.807, 2.05) is 29.7 Å². The Hall–Kier alpha value is -2.36. The molecule has 0 unspecified atom stereocenters. The minimum atomic E-state index is -3.49. The summed E-state index contributed by atoms with van der Waals surface area (Å²) in [7, 11) is -3.49. The smallest absolute Gasteiger partial charge is 0.268 e. The van der Waals surface area contributed by atoms with Crippen LogP contribution in [0.4, 0.5) is 0 Å². The number of aromatic nitrogens is 1. The Morgan fingerprint density at radius 3 is 2.46 bits per heavy atom. The molecule has 1 aromatic heterocycles. The molecule has 1 fully saturated rings. The van der Waals surface area contributed by atoms with E-state index in [-0.39, 0.29) is 19.0 Å². The molecule has 0 atom stereocenters. The van der Waals surface area contributed by atoms with Crippen molar-refractivity contribution in [2.24, 2.45) is 5.73 Å². The molecule has 35 heavy (non-hydrogen) atoms. The van der Waals surface area contributed by atoms with Crippen LogP contribution in [-0.4, -0.2) is 59.3 Å². The highest BCUT2D eigenvalue weighted by atomic mass is 35.5. The third-order valence-corrected chi connectivity index (χ3v) is 10.5. The van der Waals surface area contributed by atoms with Crippen LogP contribution in [0.3, 0.4) is 0 Å². The molecule has 1 aliphatic rings. The zero-order valence-electron chi connectivity index (χ0n) is 20.6. The van der Waals surface area contributed by atoms with Crippen molar-refractivity contribution in [3.8, 4) is 0 Å². The fourth-order valence-electron chi connectivity index (χ4n) is 4.43. The summed E-state index contributed by atoms with van der Waals surface area (Å²) >= 11 is 5.91. The van der Waals surface area contributed by atoms with Gasteiger partial charge in [-0.15, -0.1) is 0 Å². The number of carbonyl (C=O) groups is 2. The highest BCUT2D eigenvalue weighted by Gasteiger charge is 2.59. The van der Waals surface area contributed by atoms with Crippen molar-refractivity contribution in [1.29, 1.82) is 0 Å². The standard InChI is InChI=1S/C25H35ClN4O4S/c1-19-4-9-22(23(32)28-16-20-5-7-21(26)8-6-20)30(19)15-14-29(18-31)17-25(10-11-25)35(33,34)24(2,3)12-13-27/h4-9,18H,10-17,27H2,1-3H3,(H,28,32). The lowest BCUT2D eigenvalue weighted by Crippen LogP contribution is -2.48. The van der Waals surface area contributed by atoms with Crippen molar-refractivity contribution in [3.05, 3.63) is 58.4 Å². The number of aryl methyl sites for hydroxylation is 1. The second-order valence-electron chi connectivity index (χ2n) is 9.88. The highest BCUT2D eigenvalue weighted by molar-refractivity contribution is 7.94. The molecule has 8 nitrogen and oxygen atoms in total. The van der Waals surface area contributed by atoms with E-state index in [0.29, 0.717) is 56.0 Å². The molecule has 0 saturated heterocycles. The molecule has 0 spiro atoms. The van der Waals surface area contributed by atoms with Gasteiger partial charge in [-0.05, 0) is 76.4 Å². The van der Waals surface area contributed by atoms with Gasteiger partial charge < -0.3 is 20.5 Å². The molecule has 1 heterocycles. The minimum absolute atomic E-state index is 0.144. The molecule has 10 heteroatoms. The monoisotopic (exact) mass is 522 g/mol. The number of rotatable bonds is 13. The SMILES string of the molecule is Cc1ccc(C(=O)NCc2ccc(Cl)cc2)n1CCN(C=O)CC1(S(=O)(=O)C(C)(C)CCN)CC1. The normalized spacial score (nSPS) is 15.0. The van der Waals surface area contributed by atoms with Gasteiger partial charge in [0, 0.05) is 36.9 Å². The molecular formula is C25H35ClN4O4S. The molecule has 1 aliphatic carbocycles. The van der Waals surface area contributed by atoms with Crippen LogP contribution in [0.15, 0.2) is 36.4 Å². The Morgan fingerprint density at radius 2 is 1.89 bits per heavy atom. The summed E-state index contributed by atoms with van der Waals surface area (Å²) in [5.74, 6) is -0.226. The van der Waals surface area contributed by atoms with Gasteiger partial charge in [-0.25, -0.2) is 8.42 Å². The van der Waals surface area contributed by atoms with E-state index in [2.05, 4.69) is 5.32 Å². The van der Waals surface area contributed by atoms with Crippen molar-refractivity contribution in [3.63, 3.8) is 0 Å². The topological polar surface area (TPSA) is 114 Å². The van der Waals surface area contributed by atoms with Crippen molar-refractivity contribution < 1.29 is 18.0 Å². The van der Waals surface area contributed by atoms with E-state index in [0.717, 1.165) is 11.3 Å². The van der Waals surface area contributed by atoms with Gasteiger partial charge in [0.25, 0.3) is 5.91 Å². The van der Waals surface area contributed by atoms with Crippen LogP contribution in [0.25, 0.3) is 0 Å². The first kappa shape index (κ1) is 27.2. The molecule has 1 aromatic carbocycles.